The van der Waals surface area contributed by atoms with Crippen LogP contribution in [0.15, 0.2) is 88.1 Å². The van der Waals surface area contributed by atoms with Gasteiger partial charge in [0.2, 0.25) is 0 Å². The topological polar surface area (TPSA) is 96.7 Å². The van der Waals surface area contributed by atoms with Crippen molar-refractivity contribution in [3.8, 4) is 17.2 Å². The molecule has 10 heteroatoms. The lowest BCUT2D eigenvalue weighted by atomic mass is 9.96. The molecule has 2 aliphatic rings. The number of halogens is 1. The second-order valence-corrected chi connectivity index (χ2v) is 12.3. The first kappa shape index (κ1) is 36.8. The molecule has 0 N–H and O–H groups in total. The van der Waals surface area contributed by atoms with Crippen LogP contribution in [-0.2, 0) is 15.9 Å². The van der Waals surface area contributed by atoms with Crippen molar-refractivity contribution in [1.82, 2.24) is 4.90 Å². The van der Waals surface area contributed by atoms with E-state index in [1.54, 1.807) is 36.4 Å². The average molecular weight is 680 g/mol. The smallest absolute Gasteiger partial charge is 0.338 e. The number of hydrogen-bond acceptors (Lipinski definition) is 9. The normalized spacial score (nSPS) is 15.7. The highest BCUT2D eigenvalue weighted by Gasteiger charge is 2.40. The number of morpholine rings is 1. The van der Waals surface area contributed by atoms with Gasteiger partial charge in [0, 0.05) is 43.6 Å². The summed E-state index contributed by atoms with van der Waals surface area (Å²) in [5.74, 6) is 2.11. The highest BCUT2D eigenvalue weighted by molar-refractivity contribution is 5.89. The molecule has 0 amide bonds. The van der Waals surface area contributed by atoms with Gasteiger partial charge in [-0.2, -0.15) is 0 Å². The van der Waals surface area contributed by atoms with Crippen molar-refractivity contribution in [3.05, 3.63) is 100 Å². The Labute approximate surface area is 288 Å². The van der Waals surface area contributed by atoms with Crippen LogP contribution in [0.2, 0.25) is 0 Å². The predicted octanol–water partition coefficient (Wildman–Crippen LogP) is 7.12. The molecule has 258 valence electrons. The third-order valence-corrected chi connectivity index (χ3v) is 8.20. The summed E-state index contributed by atoms with van der Waals surface area (Å²) in [6.07, 6.45) is 3.59. The van der Waals surface area contributed by atoms with E-state index in [4.69, 9.17) is 28.1 Å². The first-order valence-corrected chi connectivity index (χ1v) is 16.5. The van der Waals surface area contributed by atoms with E-state index in [2.05, 4.69) is 11.8 Å². The van der Waals surface area contributed by atoms with E-state index in [-0.39, 0.29) is 24.5 Å². The fraction of sp³-hybridized carbons (Fsp3) is 0.421. The Balaban J connectivity index is 0.000000218. The van der Waals surface area contributed by atoms with Gasteiger partial charge in [0.1, 0.15) is 34.5 Å². The quantitative estimate of drug-likeness (QED) is 0.0881. The maximum absolute atomic E-state index is 12.4. The minimum atomic E-state index is -0.820. The second-order valence-electron chi connectivity index (χ2n) is 12.3. The monoisotopic (exact) mass is 679 g/mol. The molecule has 1 fully saturated rings. The number of esters is 1. The minimum absolute atomic E-state index is 0. The van der Waals surface area contributed by atoms with Gasteiger partial charge >= 0.3 is 11.6 Å². The number of unbranched alkanes of at least 4 members (excludes halogenated alkanes) is 1. The Morgan fingerprint density at radius 3 is 2.23 bits per heavy atom. The van der Waals surface area contributed by atoms with Gasteiger partial charge in [0.25, 0.3) is 0 Å². The largest absolute Gasteiger partial charge is 0.494 e. The van der Waals surface area contributed by atoms with Crippen molar-refractivity contribution >= 4 is 29.3 Å². The number of ether oxygens (including phenoxy) is 5. The number of rotatable bonds is 12. The molecule has 0 aliphatic carbocycles. The van der Waals surface area contributed by atoms with E-state index in [1.807, 2.05) is 50.2 Å². The lowest BCUT2D eigenvalue weighted by Crippen LogP contribution is -2.43. The minimum Gasteiger partial charge on any atom is -0.494 e. The van der Waals surface area contributed by atoms with Crippen LogP contribution in [0.4, 0.5) is 0 Å². The fourth-order valence-electron chi connectivity index (χ4n) is 5.40. The van der Waals surface area contributed by atoms with Gasteiger partial charge in [0.05, 0.1) is 32.0 Å². The highest BCUT2D eigenvalue weighted by Crippen LogP contribution is 2.37. The van der Waals surface area contributed by atoms with E-state index >= 15 is 0 Å². The van der Waals surface area contributed by atoms with Crippen molar-refractivity contribution in [1.29, 1.82) is 0 Å². The van der Waals surface area contributed by atoms with Crippen molar-refractivity contribution in [2.24, 2.45) is 0 Å². The van der Waals surface area contributed by atoms with Crippen LogP contribution in [0.3, 0.4) is 0 Å². The summed E-state index contributed by atoms with van der Waals surface area (Å²) < 4.78 is 33.7. The fourth-order valence-corrected chi connectivity index (χ4v) is 5.40. The standard InChI is InChI=1S/C21H18O5.C17H27NO3.ClH/c1-21(2,26-20(23)13-6-4-3-5-7-13)18-11-15-10-14-8-9-19(22)25-16(14)12-17(15)24-18;1-2-3-12-20-16-5-7-17(8-6-16)21-13-4-9-18-10-14-19-15-11-18;/h3-10,12,18H,11H2,1-2H3;5-8H,2-4,9-15H2,1H3;1H. The number of benzene rings is 3. The molecule has 1 aromatic heterocycles. The molecule has 3 heterocycles. The van der Waals surface area contributed by atoms with Crippen molar-refractivity contribution in [3.63, 3.8) is 0 Å². The SMILES string of the molecule is CC(C)(OC(=O)c1ccccc1)C1Cc2cc3ccc(=O)oc3cc2O1.CCCCOc1ccc(OCCCN2CCOCC2)cc1.Cl. The van der Waals surface area contributed by atoms with Crippen molar-refractivity contribution in [2.75, 3.05) is 46.1 Å². The molecule has 1 atom stereocenters. The summed E-state index contributed by atoms with van der Waals surface area (Å²) in [5.41, 5.74) is 0.766. The number of hydrogen-bond donors (Lipinski definition) is 0. The van der Waals surface area contributed by atoms with E-state index in [1.165, 1.54) is 6.07 Å². The third-order valence-electron chi connectivity index (χ3n) is 8.20. The van der Waals surface area contributed by atoms with Gasteiger partial charge in [-0.05, 0) is 80.8 Å². The Kier molecular flexibility index (Phi) is 13.7. The molecule has 9 nitrogen and oxygen atoms in total. The molecule has 0 spiro atoms. The molecular formula is C38H46ClNO8. The maximum atomic E-state index is 12.4. The van der Waals surface area contributed by atoms with Crippen LogP contribution in [0.1, 0.15) is 56.0 Å². The van der Waals surface area contributed by atoms with Gasteiger partial charge in [-0.3, -0.25) is 4.90 Å². The lowest BCUT2D eigenvalue weighted by Gasteiger charge is -2.30. The number of nitrogens with zero attached hydrogens (tertiary/aromatic N) is 1. The molecule has 48 heavy (non-hydrogen) atoms. The molecule has 4 aromatic rings. The van der Waals surface area contributed by atoms with E-state index in [9.17, 15) is 9.59 Å². The van der Waals surface area contributed by atoms with Gasteiger partial charge in [-0.1, -0.05) is 31.5 Å². The Morgan fingerprint density at radius 1 is 0.896 bits per heavy atom. The third kappa shape index (κ3) is 10.5. The lowest BCUT2D eigenvalue weighted by molar-refractivity contribution is -0.0517. The summed E-state index contributed by atoms with van der Waals surface area (Å²) >= 11 is 0. The molecule has 2 aliphatic heterocycles. The zero-order valence-electron chi connectivity index (χ0n) is 28.0. The molecule has 3 aromatic carbocycles. The van der Waals surface area contributed by atoms with Crippen LogP contribution in [0, 0.1) is 0 Å². The number of carbonyl (C=O) groups is 1. The maximum Gasteiger partial charge on any atom is 0.338 e. The summed E-state index contributed by atoms with van der Waals surface area (Å²) in [7, 11) is 0. The molecular weight excluding hydrogens is 634 g/mol. The average Bonchev–Trinajstić information content (AvgIpc) is 3.51. The Bertz CT molecular complexity index is 1630. The van der Waals surface area contributed by atoms with Crippen LogP contribution in [0.5, 0.6) is 17.2 Å². The molecule has 1 saturated heterocycles. The van der Waals surface area contributed by atoms with Gasteiger partial charge in [-0.15, -0.1) is 12.4 Å². The highest BCUT2D eigenvalue weighted by atomic mass is 35.5. The van der Waals surface area contributed by atoms with Crippen LogP contribution in [-0.4, -0.2) is 68.6 Å². The zero-order valence-corrected chi connectivity index (χ0v) is 28.8. The van der Waals surface area contributed by atoms with E-state index < -0.39 is 11.2 Å². The Morgan fingerprint density at radius 2 is 1.56 bits per heavy atom. The molecule has 0 bridgehead atoms. The van der Waals surface area contributed by atoms with Crippen molar-refractivity contribution in [2.45, 2.75) is 58.2 Å². The Hall–Kier alpha value is -4.05. The van der Waals surface area contributed by atoms with E-state index in [0.29, 0.717) is 23.3 Å². The molecule has 6 rings (SSSR count). The number of fused-ring (bicyclic) bond motifs is 2. The number of carbonyl (C=O) groups excluding carboxylic acids is 1. The first-order chi connectivity index (χ1) is 22.8. The predicted molar refractivity (Wildman–Crippen MR) is 188 cm³/mol. The summed E-state index contributed by atoms with van der Waals surface area (Å²) in [5, 5.41) is 0.840. The zero-order chi connectivity index (χ0) is 33.1. The molecule has 0 saturated carbocycles. The second kappa shape index (κ2) is 17.9. The van der Waals surface area contributed by atoms with Crippen LogP contribution < -0.4 is 19.8 Å². The summed E-state index contributed by atoms with van der Waals surface area (Å²) in [6.45, 7) is 12.3. The molecule has 1 unspecified atom stereocenters. The van der Waals surface area contributed by atoms with Crippen LogP contribution in [0.25, 0.3) is 11.0 Å². The molecule has 0 radical (unpaired) electrons. The van der Waals surface area contributed by atoms with Gasteiger partial charge in [-0.25, -0.2) is 9.59 Å². The van der Waals surface area contributed by atoms with E-state index in [0.717, 1.165) is 87.8 Å². The first-order valence-electron chi connectivity index (χ1n) is 16.5. The summed E-state index contributed by atoms with van der Waals surface area (Å²) in [6, 6.07) is 23.6. The van der Waals surface area contributed by atoms with Gasteiger partial charge < -0.3 is 28.1 Å². The van der Waals surface area contributed by atoms with Crippen molar-refractivity contribution < 1.29 is 32.9 Å². The van der Waals surface area contributed by atoms with Gasteiger partial charge in [0.15, 0.2) is 0 Å². The summed E-state index contributed by atoms with van der Waals surface area (Å²) in [4.78, 5) is 26.2. The van der Waals surface area contributed by atoms with Crippen LogP contribution >= 0.6 is 12.4 Å².